The zero-order valence-corrected chi connectivity index (χ0v) is 16.1. The molecule has 0 spiro atoms. The number of carbonyl (C=O) groups is 2. The smallest absolute Gasteiger partial charge is 0.258 e. The summed E-state index contributed by atoms with van der Waals surface area (Å²) in [6.07, 6.45) is 2.31. The van der Waals surface area contributed by atoms with Crippen molar-refractivity contribution in [2.45, 2.75) is 26.3 Å². The summed E-state index contributed by atoms with van der Waals surface area (Å²) in [6, 6.07) is 8.78. The summed E-state index contributed by atoms with van der Waals surface area (Å²) < 4.78 is 5.56. The Morgan fingerprint density at radius 1 is 1.30 bits per heavy atom. The van der Waals surface area contributed by atoms with Crippen LogP contribution in [0.3, 0.4) is 0 Å². The number of aromatic nitrogens is 1. The molecule has 1 aromatic heterocycles. The lowest BCUT2D eigenvalue weighted by Gasteiger charge is -2.17. The highest BCUT2D eigenvalue weighted by Gasteiger charge is 2.28. The Hall–Kier alpha value is -2.60. The van der Waals surface area contributed by atoms with Crippen LogP contribution in [0.1, 0.15) is 28.0 Å². The molecule has 1 saturated heterocycles. The largest absolute Gasteiger partial charge is 0.484 e. The average molecular weight is 388 g/mol. The highest BCUT2D eigenvalue weighted by Crippen LogP contribution is 2.21. The van der Waals surface area contributed by atoms with Crippen molar-refractivity contribution in [1.29, 1.82) is 0 Å². The Morgan fingerprint density at radius 2 is 2.11 bits per heavy atom. The lowest BCUT2D eigenvalue weighted by atomic mass is 10.2. The van der Waals surface area contributed by atoms with Crippen molar-refractivity contribution in [3.8, 4) is 5.75 Å². The first-order valence-electron chi connectivity index (χ1n) is 8.82. The average Bonchev–Trinajstić information content (AvgIpc) is 3.09. The van der Waals surface area contributed by atoms with Crippen LogP contribution in [0.4, 0.5) is 0 Å². The molecule has 27 heavy (non-hydrogen) atoms. The molecule has 1 aromatic carbocycles. The van der Waals surface area contributed by atoms with Gasteiger partial charge in [-0.15, -0.1) is 0 Å². The number of ether oxygens (including phenoxy) is 1. The first-order chi connectivity index (χ1) is 12.9. The molecular weight excluding hydrogens is 366 g/mol. The third kappa shape index (κ3) is 4.98. The SMILES string of the molecule is Cc1ccc(C(=O)N2CC[C@@H](NC(=O)COc3ccc(Cl)cc3C)C2)cn1. The summed E-state index contributed by atoms with van der Waals surface area (Å²) in [5.41, 5.74) is 2.31. The quantitative estimate of drug-likeness (QED) is 0.856. The van der Waals surface area contributed by atoms with Crippen LogP contribution in [0, 0.1) is 13.8 Å². The van der Waals surface area contributed by atoms with E-state index in [4.69, 9.17) is 16.3 Å². The third-order valence-electron chi connectivity index (χ3n) is 4.49. The van der Waals surface area contributed by atoms with E-state index in [-0.39, 0.29) is 24.5 Å². The Labute approximate surface area is 163 Å². The maximum Gasteiger partial charge on any atom is 0.258 e. The molecule has 1 atom stereocenters. The van der Waals surface area contributed by atoms with E-state index in [1.54, 1.807) is 35.4 Å². The van der Waals surface area contributed by atoms with E-state index < -0.39 is 0 Å². The molecule has 1 fully saturated rings. The number of nitrogens with zero attached hydrogens (tertiary/aromatic N) is 2. The number of rotatable bonds is 5. The fraction of sp³-hybridized carbons (Fsp3) is 0.350. The van der Waals surface area contributed by atoms with Crippen molar-refractivity contribution in [1.82, 2.24) is 15.2 Å². The van der Waals surface area contributed by atoms with Gasteiger partial charge in [0.15, 0.2) is 6.61 Å². The highest BCUT2D eigenvalue weighted by atomic mass is 35.5. The number of hydrogen-bond donors (Lipinski definition) is 1. The van der Waals surface area contributed by atoms with Gasteiger partial charge in [0.1, 0.15) is 5.75 Å². The number of hydrogen-bond acceptors (Lipinski definition) is 4. The summed E-state index contributed by atoms with van der Waals surface area (Å²) in [4.78, 5) is 30.6. The van der Waals surface area contributed by atoms with Gasteiger partial charge in [0.2, 0.25) is 0 Å². The van der Waals surface area contributed by atoms with Crippen LogP contribution in [0.15, 0.2) is 36.5 Å². The van der Waals surface area contributed by atoms with Gasteiger partial charge in [-0.2, -0.15) is 0 Å². The summed E-state index contributed by atoms with van der Waals surface area (Å²) in [5, 5.41) is 3.55. The number of likely N-dealkylation sites (tertiary alicyclic amines) is 1. The molecule has 6 nitrogen and oxygen atoms in total. The van der Waals surface area contributed by atoms with Gasteiger partial charge in [-0.05, 0) is 56.2 Å². The van der Waals surface area contributed by atoms with Gasteiger partial charge >= 0.3 is 0 Å². The van der Waals surface area contributed by atoms with Gasteiger partial charge in [-0.3, -0.25) is 14.6 Å². The minimum atomic E-state index is -0.208. The zero-order chi connectivity index (χ0) is 19.4. The Balaban J connectivity index is 1.48. The molecule has 2 heterocycles. The molecule has 2 aromatic rings. The number of pyridine rings is 1. The second-order valence-corrected chi connectivity index (χ2v) is 7.13. The molecule has 1 N–H and O–H groups in total. The molecule has 142 valence electrons. The minimum Gasteiger partial charge on any atom is -0.484 e. The molecule has 0 saturated carbocycles. The van der Waals surface area contributed by atoms with Crippen LogP contribution >= 0.6 is 11.6 Å². The Kier molecular flexibility index (Phi) is 5.96. The van der Waals surface area contributed by atoms with Crippen LogP contribution < -0.4 is 10.1 Å². The molecule has 1 aliphatic heterocycles. The minimum absolute atomic E-state index is 0.0627. The molecule has 3 rings (SSSR count). The van der Waals surface area contributed by atoms with E-state index in [1.165, 1.54) is 0 Å². The van der Waals surface area contributed by atoms with Gasteiger partial charge < -0.3 is 15.0 Å². The predicted molar refractivity (Wildman–Crippen MR) is 103 cm³/mol. The van der Waals surface area contributed by atoms with Crippen LogP contribution in [0.25, 0.3) is 0 Å². The van der Waals surface area contributed by atoms with Crippen molar-refractivity contribution in [3.05, 3.63) is 58.4 Å². The summed E-state index contributed by atoms with van der Waals surface area (Å²) in [5.74, 6) is 0.359. The van der Waals surface area contributed by atoms with Crippen molar-refractivity contribution in [2.24, 2.45) is 0 Å². The van der Waals surface area contributed by atoms with Crippen molar-refractivity contribution in [2.75, 3.05) is 19.7 Å². The van der Waals surface area contributed by atoms with Gasteiger partial charge in [-0.1, -0.05) is 11.6 Å². The molecule has 0 bridgehead atoms. The van der Waals surface area contributed by atoms with Gasteiger partial charge in [0, 0.05) is 36.0 Å². The first-order valence-corrected chi connectivity index (χ1v) is 9.20. The summed E-state index contributed by atoms with van der Waals surface area (Å²) in [7, 11) is 0. The van der Waals surface area contributed by atoms with Crippen molar-refractivity contribution < 1.29 is 14.3 Å². The third-order valence-corrected chi connectivity index (χ3v) is 4.73. The zero-order valence-electron chi connectivity index (χ0n) is 15.4. The van der Waals surface area contributed by atoms with E-state index in [1.807, 2.05) is 19.9 Å². The van der Waals surface area contributed by atoms with Crippen LogP contribution in [0.5, 0.6) is 5.75 Å². The number of nitrogens with one attached hydrogen (secondary N) is 1. The van der Waals surface area contributed by atoms with Gasteiger partial charge in [0.25, 0.3) is 11.8 Å². The second-order valence-electron chi connectivity index (χ2n) is 6.69. The number of amides is 2. The lowest BCUT2D eigenvalue weighted by molar-refractivity contribution is -0.123. The van der Waals surface area contributed by atoms with Gasteiger partial charge in [0.05, 0.1) is 5.56 Å². The Bertz CT molecular complexity index is 839. The van der Waals surface area contributed by atoms with E-state index >= 15 is 0 Å². The summed E-state index contributed by atoms with van der Waals surface area (Å²) in [6.45, 7) is 4.77. The van der Waals surface area contributed by atoms with E-state index in [2.05, 4.69) is 10.3 Å². The fourth-order valence-corrected chi connectivity index (χ4v) is 3.25. The van der Waals surface area contributed by atoms with Crippen LogP contribution in [-0.2, 0) is 4.79 Å². The lowest BCUT2D eigenvalue weighted by Crippen LogP contribution is -2.40. The number of halogens is 1. The maximum absolute atomic E-state index is 12.5. The highest BCUT2D eigenvalue weighted by molar-refractivity contribution is 6.30. The number of aryl methyl sites for hydroxylation is 2. The van der Waals surface area contributed by atoms with E-state index in [0.717, 1.165) is 17.7 Å². The molecule has 0 aliphatic carbocycles. The van der Waals surface area contributed by atoms with Crippen molar-refractivity contribution in [3.63, 3.8) is 0 Å². The normalized spacial score (nSPS) is 16.3. The van der Waals surface area contributed by atoms with Crippen LogP contribution in [-0.4, -0.2) is 47.4 Å². The molecule has 2 amide bonds. The summed E-state index contributed by atoms with van der Waals surface area (Å²) >= 11 is 5.91. The molecule has 0 unspecified atom stereocenters. The number of carbonyl (C=O) groups excluding carboxylic acids is 2. The van der Waals surface area contributed by atoms with E-state index in [9.17, 15) is 9.59 Å². The predicted octanol–water partition coefficient (Wildman–Crippen LogP) is 2.76. The number of benzene rings is 1. The first kappa shape index (κ1) is 19.2. The monoisotopic (exact) mass is 387 g/mol. The Morgan fingerprint density at radius 3 is 2.81 bits per heavy atom. The standard InChI is InChI=1S/C20H22ClN3O3/c1-13-9-16(21)5-6-18(13)27-12-19(25)23-17-7-8-24(11-17)20(26)15-4-3-14(2)22-10-15/h3-6,9-10,17H,7-8,11-12H2,1-2H3,(H,23,25)/t17-/m1/s1. The van der Waals surface area contributed by atoms with Crippen molar-refractivity contribution >= 4 is 23.4 Å². The van der Waals surface area contributed by atoms with E-state index in [0.29, 0.717) is 29.4 Å². The second kappa shape index (κ2) is 8.39. The topological polar surface area (TPSA) is 71.5 Å². The fourth-order valence-electron chi connectivity index (χ4n) is 3.03. The van der Waals surface area contributed by atoms with Gasteiger partial charge in [-0.25, -0.2) is 0 Å². The van der Waals surface area contributed by atoms with Crippen LogP contribution in [0.2, 0.25) is 5.02 Å². The maximum atomic E-state index is 12.5. The molecule has 7 heteroatoms. The molecule has 1 aliphatic rings. The molecular formula is C20H22ClN3O3. The molecule has 0 radical (unpaired) electrons.